The fourth-order valence-electron chi connectivity index (χ4n) is 3.22. The molecule has 1 aromatic carbocycles. The third-order valence-electron chi connectivity index (χ3n) is 4.27. The van der Waals surface area contributed by atoms with Gasteiger partial charge in [0.15, 0.2) is 0 Å². The fourth-order valence-corrected chi connectivity index (χ4v) is 3.22. The van der Waals surface area contributed by atoms with Gasteiger partial charge in [-0.05, 0) is 49.7 Å². The van der Waals surface area contributed by atoms with Gasteiger partial charge in [0.05, 0.1) is 6.10 Å². The van der Waals surface area contributed by atoms with Crippen LogP contribution in [-0.4, -0.2) is 19.3 Å². The topological polar surface area (TPSA) is 21.3 Å². The number of anilines is 1. The summed E-state index contributed by atoms with van der Waals surface area (Å²) in [6.07, 6.45) is 8.27. The Morgan fingerprint density at radius 2 is 2.17 bits per heavy atom. The Morgan fingerprint density at radius 3 is 3.06 bits per heavy atom. The molecule has 1 aromatic rings. The van der Waals surface area contributed by atoms with E-state index in [1.54, 1.807) is 0 Å². The molecule has 2 heteroatoms. The van der Waals surface area contributed by atoms with Gasteiger partial charge in [-0.2, -0.15) is 0 Å². The van der Waals surface area contributed by atoms with Gasteiger partial charge in [0.2, 0.25) is 0 Å². The van der Waals surface area contributed by atoms with Crippen LogP contribution in [0.15, 0.2) is 24.3 Å². The van der Waals surface area contributed by atoms with Crippen LogP contribution in [0.3, 0.4) is 0 Å². The molecule has 1 N–H and O–H groups in total. The van der Waals surface area contributed by atoms with Crippen molar-refractivity contribution in [3.8, 4) is 0 Å². The number of fused-ring (bicyclic) bond motifs is 1. The van der Waals surface area contributed by atoms with Crippen molar-refractivity contribution in [2.45, 2.75) is 44.6 Å². The van der Waals surface area contributed by atoms with E-state index in [1.165, 1.54) is 49.8 Å². The van der Waals surface area contributed by atoms with E-state index in [0.717, 1.165) is 19.1 Å². The maximum absolute atomic E-state index is 5.68. The Kier molecular flexibility index (Phi) is 3.84. The highest BCUT2D eigenvalue weighted by Crippen LogP contribution is 2.27. The lowest BCUT2D eigenvalue weighted by atomic mass is 9.89. The SMILES string of the molecule is c1ccc2c(c1)CC(CCCC1CCCO1)CN2. The van der Waals surface area contributed by atoms with E-state index in [2.05, 4.69) is 29.6 Å². The van der Waals surface area contributed by atoms with Crippen LogP contribution in [0.4, 0.5) is 5.69 Å². The minimum atomic E-state index is 0.564. The molecule has 0 saturated carbocycles. The molecule has 1 fully saturated rings. The fraction of sp³-hybridized carbons (Fsp3) is 0.625. The zero-order valence-electron chi connectivity index (χ0n) is 11.0. The smallest absolute Gasteiger partial charge is 0.0576 e. The summed E-state index contributed by atoms with van der Waals surface area (Å²) in [5, 5.41) is 3.56. The van der Waals surface area contributed by atoms with E-state index in [1.807, 2.05) is 0 Å². The van der Waals surface area contributed by atoms with E-state index in [4.69, 9.17) is 4.74 Å². The maximum Gasteiger partial charge on any atom is 0.0576 e. The van der Waals surface area contributed by atoms with Crippen molar-refractivity contribution < 1.29 is 4.74 Å². The highest BCUT2D eigenvalue weighted by atomic mass is 16.5. The van der Waals surface area contributed by atoms with Crippen LogP contribution in [-0.2, 0) is 11.2 Å². The summed E-state index contributed by atoms with van der Waals surface area (Å²) in [7, 11) is 0. The molecule has 0 aromatic heterocycles. The molecule has 2 aliphatic rings. The first-order valence-electron chi connectivity index (χ1n) is 7.35. The second kappa shape index (κ2) is 5.75. The van der Waals surface area contributed by atoms with Crippen molar-refractivity contribution in [2.24, 2.45) is 5.92 Å². The molecule has 2 aliphatic heterocycles. The van der Waals surface area contributed by atoms with Crippen LogP contribution in [0.2, 0.25) is 0 Å². The summed E-state index contributed by atoms with van der Waals surface area (Å²) in [5.41, 5.74) is 2.83. The van der Waals surface area contributed by atoms with E-state index in [9.17, 15) is 0 Å². The summed E-state index contributed by atoms with van der Waals surface area (Å²) in [6, 6.07) is 8.71. The van der Waals surface area contributed by atoms with Gasteiger partial charge in [-0.15, -0.1) is 0 Å². The minimum absolute atomic E-state index is 0.564. The number of hydrogen-bond acceptors (Lipinski definition) is 2. The Bertz CT molecular complexity index is 384. The van der Waals surface area contributed by atoms with Crippen molar-refractivity contribution in [3.63, 3.8) is 0 Å². The van der Waals surface area contributed by atoms with Gasteiger partial charge in [-0.25, -0.2) is 0 Å². The third kappa shape index (κ3) is 2.86. The molecule has 2 atom stereocenters. The van der Waals surface area contributed by atoms with Crippen molar-refractivity contribution in [2.75, 3.05) is 18.5 Å². The lowest BCUT2D eigenvalue weighted by molar-refractivity contribution is 0.101. The molecule has 0 amide bonds. The van der Waals surface area contributed by atoms with Gasteiger partial charge in [-0.1, -0.05) is 24.6 Å². The van der Waals surface area contributed by atoms with Crippen molar-refractivity contribution in [3.05, 3.63) is 29.8 Å². The predicted molar refractivity (Wildman–Crippen MR) is 75.0 cm³/mol. The van der Waals surface area contributed by atoms with E-state index in [-0.39, 0.29) is 0 Å². The van der Waals surface area contributed by atoms with Crippen molar-refractivity contribution in [1.82, 2.24) is 0 Å². The summed E-state index contributed by atoms with van der Waals surface area (Å²) >= 11 is 0. The Labute approximate surface area is 110 Å². The summed E-state index contributed by atoms with van der Waals surface area (Å²) in [6.45, 7) is 2.13. The first kappa shape index (κ1) is 12.0. The van der Waals surface area contributed by atoms with Crippen LogP contribution >= 0.6 is 0 Å². The second-order valence-electron chi connectivity index (χ2n) is 5.67. The molecule has 98 valence electrons. The molecule has 0 bridgehead atoms. The van der Waals surface area contributed by atoms with Crippen molar-refractivity contribution >= 4 is 5.69 Å². The number of rotatable bonds is 4. The molecular weight excluding hydrogens is 222 g/mol. The lowest BCUT2D eigenvalue weighted by Crippen LogP contribution is -2.23. The summed E-state index contributed by atoms with van der Waals surface area (Å²) < 4.78 is 5.68. The monoisotopic (exact) mass is 245 g/mol. The quantitative estimate of drug-likeness (QED) is 0.874. The van der Waals surface area contributed by atoms with Crippen LogP contribution in [0.5, 0.6) is 0 Å². The molecule has 2 unspecified atom stereocenters. The van der Waals surface area contributed by atoms with Gasteiger partial charge in [0.1, 0.15) is 0 Å². The number of nitrogens with one attached hydrogen (secondary N) is 1. The zero-order chi connectivity index (χ0) is 12.2. The second-order valence-corrected chi connectivity index (χ2v) is 5.67. The highest BCUT2D eigenvalue weighted by molar-refractivity contribution is 5.53. The van der Waals surface area contributed by atoms with Gasteiger partial charge < -0.3 is 10.1 Å². The van der Waals surface area contributed by atoms with E-state index >= 15 is 0 Å². The third-order valence-corrected chi connectivity index (χ3v) is 4.27. The Balaban J connectivity index is 1.44. The molecule has 0 spiro atoms. The van der Waals surface area contributed by atoms with Crippen LogP contribution in [0, 0.1) is 5.92 Å². The van der Waals surface area contributed by atoms with E-state index in [0.29, 0.717) is 6.10 Å². The Hall–Kier alpha value is -1.02. The minimum Gasteiger partial charge on any atom is -0.385 e. The maximum atomic E-state index is 5.68. The molecule has 2 heterocycles. The lowest BCUT2D eigenvalue weighted by Gasteiger charge is -2.26. The van der Waals surface area contributed by atoms with Gasteiger partial charge in [0.25, 0.3) is 0 Å². The van der Waals surface area contributed by atoms with Gasteiger partial charge in [-0.3, -0.25) is 0 Å². The number of ether oxygens (including phenoxy) is 1. The molecule has 0 aliphatic carbocycles. The molecule has 0 radical (unpaired) electrons. The van der Waals surface area contributed by atoms with Crippen molar-refractivity contribution in [1.29, 1.82) is 0 Å². The van der Waals surface area contributed by atoms with Crippen LogP contribution in [0.25, 0.3) is 0 Å². The summed E-state index contributed by atoms with van der Waals surface area (Å²) in [5.74, 6) is 0.807. The average Bonchev–Trinajstić information content (AvgIpc) is 2.92. The standard InChI is InChI=1S/C16H23NO/c1-2-9-16-14(6-1)11-13(12-17-16)5-3-7-15-8-4-10-18-15/h1-2,6,9,13,15,17H,3-5,7-8,10-12H2. The van der Waals surface area contributed by atoms with Crippen LogP contribution < -0.4 is 5.32 Å². The zero-order valence-corrected chi connectivity index (χ0v) is 11.0. The van der Waals surface area contributed by atoms with Crippen LogP contribution in [0.1, 0.15) is 37.7 Å². The summed E-state index contributed by atoms with van der Waals surface area (Å²) in [4.78, 5) is 0. The molecule has 18 heavy (non-hydrogen) atoms. The largest absolute Gasteiger partial charge is 0.385 e. The molecule has 3 rings (SSSR count). The number of hydrogen-bond donors (Lipinski definition) is 1. The molecular formula is C16H23NO. The molecule has 1 saturated heterocycles. The first-order valence-corrected chi connectivity index (χ1v) is 7.35. The van der Waals surface area contributed by atoms with Gasteiger partial charge >= 0.3 is 0 Å². The van der Waals surface area contributed by atoms with E-state index < -0.39 is 0 Å². The predicted octanol–water partition coefficient (Wildman–Crippen LogP) is 3.62. The molecule has 2 nitrogen and oxygen atoms in total. The first-order chi connectivity index (χ1) is 8.92. The highest BCUT2D eigenvalue weighted by Gasteiger charge is 2.19. The van der Waals surface area contributed by atoms with Gasteiger partial charge in [0, 0.05) is 18.8 Å². The normalized spacial score (nSPS) is 26.7. The number of benzene rings is 1. The Morgan fingerprint density at radius 1 is 1.22 bits per heavy atom. The average molecular weight is 245 g/mol. The number of para-hydroxylation sites is 1.